The van der Waals surface area contributed by atoms with E-state index in [1.165, 1.54) is 18.0 Å². The zero-order valence-corrected chi connectivity index (χ0v) is 31.3. The number of thioether (sulfide) groups is 1. The van der Waals surface area contributed by atoms with Crippen molar-refractivity contribution in [3.8, 4) is 0 Å². The van der Waals surface area contributed by atoms with Crippen molar-refractivity contribution >= 4 is 91.4 Å². The van der Waals surface area contributed by atoms with E-state index >= 15 is 0 Å². The van der Waals surface area contributed by atoms with Gasteiger partial charge in [0.1, 0.15) is 5.03 Å². The maximum absolute atomic E-state index is 12.8. The Labute approximate surface area is 299 Å². The van der Waals surface area contributed by atoms with Crippen LogP contribution in [0.1, 0.15) is 72.4 Å². The van der Waals surface area contributed by atoms with Gasteiger partial charge in [-0.05, 0) is 55.2 Å². The molecular weight excluding hydrogens is 715 g/mol. The first-order valence-electron chi connectivity index (χ1n) is 14.6. The number of hydrogen-bond acceptors (Lipinski definition) is 10. The number of fused-ring (bicyclic) bond motifs is 2. The summed E-state index contributed by atoms with van der Waals surface area (Å²) < 4.78 is 12.0. The predicted octanol–water partition coefficient (Wildman–Crippen LogP) is 6.73. The molecule has 0 saturated carbocycles. The highest BCUT2D eigenvalue weighted by molar-refractivity contribution is 7.98. The topological polar surface area (TPSA) is 185 Å². The molecule has 0 spiro atoms. The monoisotopic (exact) mass is 750 g/mol. The maximum atomic E-state index is 12.8. The number of pyridine rings is 2. The summed E-state index contributed by atoms with van der Waals surface area (Å²) in [7, 11) is -1.49. The van der Waals surface area contributed by atoms with E-state index in [1.54, 1.807) is 31.2 Å². The molecule has 0 aliphatic rings. The smallest absolute Gasteiger partial charge is 0.348 e. The molecule has 15 heteroatoms. The fourth-order valence-electron chi connectivity index (χ4n) is 4.82. The molecule has 0 aliphatic carbocycles. The number of nitrogens with one attached hydrogen (secondary N) is 2. The fourth-order valence-corrected chi connectivity index (χ4v) is 6.59. The number of carbonyl (C=O) groups excluding carboxylic acids is 6. The fraction of sp³-hybridized carbons (Fsp3) is 0.353. The number of hydrogen-bond donors (Lipinski definition) is 2. The Hall–Kier alpha value is -3.96. The summed E-state index contributed by atoms with van der Waals surface area (Å²) in [5.41, 5.74) is 2.21. The highest BCUT2D eigenvalue weighted by Crippen LogP contribution is 2.28. The van der Waals surface area contributed by atoms with Crippen molar-refractivity contribution in [2.45, 2.75) is 64.4 Å². The van der Waals surface area contributed by atoms with E-state index in [1.807, 2.05) is 40.9 Å². The number of aryl methyl sites for hydroxylation is 2. The molecule has 4 rings (SSSR count). The molecule has 2 heterocycles. The van der Waals surface area contributed by atoms with Gasteiger partial charge in [0.05, 0.1) is 58.8 Å². The first-order valence-corrected chi connectivity index (χ1v) is 18.1. The molecule has 1 unspecified atom stereocenters. The Kier molecular flexibility index (Phi) is 17.5. The van der Waals surface area contributed by atoms with Gasteiger partial charge in [0.15, 0.2) is 11.6 Å². The highest BCUT2D eigenvalue weighted by Gasteiger charge is 2.24. The lowest BCUT2D eigenvalue weighted by atomic mass is 9.99. The average molecular weight is 752 g/mol. The molecule has 0 amide bonds. The van der Waals surface area contributed by atoms with Crippen molar-refractivity contribution in [2.24, 2.45) is 11.8 Å². The van der Waals surface area contributed by atoms with E-state index in [4.69, 9.17) is 42.4 Å². The van der Waals surface area contributed by atoms with Crippen LogP contribution >= 0.6 is 35.0 Å². The van der Waals surface area contributed by atoms with Gasteiger partial charge >= 0.3 is 12.3 Å². The molecule has 11 nitrogen and oxygen atoms in total. The van der Waals surface area contributed by atoms with Crippen LogP contribution in [0.15, 0.2) is 43.9 Å². The maximum Gasteiger partial charge on any atom is 0.373 e. The number of aromatic nitrogens is 2. The van der Waals surface area contributed by atoms with Crippen LogP contribution in [-0.2, 0) is 30.0 Å². The first-order chi connectivity index (χ1) is 22.9. The van der Waals surface area contributed by atoms with Gasteiger partial charge in [-0.3, -0.25) is 23.4 Å². The van der Waals surface area contributed by atoms with Crippen LogP contribution in [0.5, 0.6) is 0 Å². The highest BCUT2D eigenvalue weighted by atomic mass is 35.5. The van der Waals surface area contributed by atoms with Crippen LogP contribution in [-0.4, -0.2) is 50.6 Å². The SMILES string of the molecule is CSc1[nH]c2c(Cl)ccc(C)c2c(=O)c1C(=O)CC(C)C.Cc1ccc(Cl)c2[nH]c(S(C)=O)c(C(=O)CC(C)C)c(=O)c12.O=C=O.O=C=O. The normalized spacial score (nSPS) is 10.9. The third kappa shape index (κ3) is 11.0. The second-order valence-corrected chi connectivity index (χ2v) is 14.4. The Morgan fingerprint density at radius 3 is 1.49 bits per heavy atom. The van der Waals surface area contributed by atoms with Gasteiger partial charge in [-0.2, -0.15) is 19.2 Å². The summed E-state index contributed by atoms with van der Waals surface area (Å²) in [6.07, 6.45) is 4.38. The van der Waals surface area contributed by atoms with E-state index in [0.29, 0.717) is 43.3 Å². The number of benzene rings is 2. The van der Waals surface area contributed by atoms with E-state index < -0.39 is 16.2 Å². The van der Waals surface area contributed by atoms with E-state index in [0.717, 1.165) is 11.1 Å². The molecule has 0 fully saturated rings. The summed E-state index contributed by atoms with van der Waals surface area (Å²) in [6, 6.07) is 6.97. The van der Waals surface area contributed by atoms with Crippen LogP contribution in [0.2, 0.25) is 10.0 Å². The Balaban J connectivity index is 0.000000423. The van der Waals surface area contributed by atoms with Crippen molar-refractivity contribution < 1.29 is 33.0 Å². The van der Waals surface area contributed by atoms with E-state index in [-0.39, 0.29) is 63.7 Å². The summed E-state index contributed by atoms with van der Waals surface area (Å²) >= 11 is 13.7. The number of carbonyl (C=O) groups is 2. The van der Waals surface area contributed by atoms with Gasteiger partial charge in [0.25, 0.3) is 0 Å². The average Bonchev–Trinajstić information content (AvgIpc) is 3.00. The summed E-state index contributed by atoms with van der Waals surface area (Å²) in [4.78, 5) is 89.1. The van der Waals surface area contributed by atoms with Crippen LogP contribution < -0.4 is 10.9 Å². The lowest BCUT2D eigenvalue weighted by molar-refractivity contribution is -0.193. The Morgan fingerprint density at radius 2 is 1.12 bits per heavy atom. The predicted molar refractivity (Wildman–Crippen MR) is 190 cm³/mol. The number of halogens is 2. The van der Waals surface area contributed by atoms with Crippen molar-refractivity contribution in [2.75, 3.05) is 12.5 Å². The van der Waals surface area contributed by atoms with Crippen LogP contribution in [0.3, 0.4) is 0 Å². The second-order valence-electron chi connectivity index (χ2n) is 11.4. The van der Waals surface area contributed by atoms with Gasteiger partial charge in [0, 0.05) is 19.1 Å². The van der Waals surface area contributed by atoms with Crippen LogP contribution in [0.4, 0.5) is 0 Å². The van der Waals surface area contributed by atoms with Crippen LogP contribution in [0, 0.1) is 25.7 Å². The lowest BCUT2D eigenvalue weighted by Crippen LogP contribution is -2.22. The first kappa shape index (κ1) is 43.1. The number of aromatic amines is 2. The molecule has 0 saturated heterocycles. The zero-order chi connectivity index (χ0) is 37.7. The second kappa shape index (κ2) is 19.9. The lowest BCUT2D eigenvalue weighted by Gasteiger charge is -2.12. The third-order valence-corrected chi connectivity index (χ3v) is 9.03. The Bertz CT molecular complexity index is 2060. The number of H-pyrrole nitrogens is 2. The largest absolute Gasteiger partial charge is 0.373 e. The molecule has 0 aliphatic heterocycles. The van der Waals surface area contributed by atoms with Crippen molar-refractivity contribution in [1.29, 1.82) is 0 Å². The molecule has 2 aromatic heterocycles. The quantitative estimate of drug-likeness (QED) is 0.145. The van der Waals surface area contributed by atoms with Crippen molar-refractivity contribution in [3.63, 3.8) is 0 Å². The molecule has 262 valence electrons. The molecule has 49 heavy (non-hydrogen) atoms. The molecule has 0 bridgehead atoms. The van der Waals surface area contributed by atoms with E-state index in [2.05, 4.69) is 9.97 Å². The van der Waals surface area contributed by atoms with Crippen molar-refractivity contribution in [3.05, 3.63) is 77.0 Å². The van der Waals surface area contributed by atoms with Crippen LogP contribution in [0.25, 0.3) is 21.8 Å². The molecule has 2 aromatic carbocycles. The number of rotatable bonds is 8. The molecular formula is C34H36Cl2N2O9S2. The minimum atomic E-state index is -1.49. The van der Waals surface area contributed by atoms with Gasteiger partial charge < -0.3 is 9.97 Å². The van der Waals surface area contributed by atoms with Gasteiger partial charge in [0.2, 0.25) is 10.9 Å². The number of Topliss-reactive ketones (excluding diaryl/α,β-unsaturated/α-hetero) is 2. The molecule has 1 atom stereocenters. The number of ketones is 2. The molecule has 0 radical (unpaired) electrons. The van der Waals surface area contributed by atoms with Gasteiger partial charge in [-0.1, -0.05) is 63.0 Å². The minimum Gasteiger partial charge on any atom is -0.348 e. The van der Waals surface area contributed by atoms with Gasteiger partial charge in [-0.25, -0.2) is 0 Å². The standard InChI is InChI=1S/C16H18ClNO3S.C16H18ClNO2S.2CO2/c1-8(2)7-11(19)13-15(20)12-9(3)5-6-10(17)14(12)18-16(13)22(4)21;1-8(2)7-11(19)13-15(20)12-9(3)5-6-10(17)14(12)18-16(13)21-4;2*2-1-3/h5-6,8H,7H2,1-4H3,(H,18,20);5-6,8H,7H2,1-4H3,(H,18,20);;. The molecule has 2 N–H and O–H groups in total. The summed E-state index contributed by atoms with van der Waals surface area (Å²) in [6.45, 7) is 11.4. The molecule has 4 aromatic rings. The summed E-state index contributed by atoms with van der Waals surface area (Å²) in [5.74, 6) is -0.0800. The van der Waals surface area contributed by atoms with E-state index in [9.17, 15) is 23.4 Å². The van der Waals surface area contributed by atoms with Crippen molar-refractivity contribution in [1.82, 2.24) is 9.97 Å². The third-order valence-electron chi connectivity index (χ3n) is 6.80. The minimum absolute atomic E-state index is 0.00704. The summed E-state index contributed by atoms with van der Waals surface area (Å²) in [5, 5.41) is 2.49. The Morgan fingerprint density at radius 1 is 0.755 bits per heavy atom. The van der Waals surface area contributed by atoms with Gasteiger partial charge in [-0.15, -0.1) is 11.8 Å². The zero-order valence-electron chi connectivity index (χ0n) is 28.1.